The van der Waals surface area contributed by atoms with Gasteiger partial charge in [0.2, 0.25) is 0 Å². The molecule has 0 saturated carbocycles. The molecule has 1 unspecified atom stereocenters. The summed E-state index contributed by atoms with van der Waals surface area (Å²) in [6, 6.07) is 6.64. The third kappa shape index (κ3) is 4.41. The lowest BCUT2D eigenvalue weighted by Gasteiger charge is -2.21. The van der Waals surface area contributed by atoms with Crippen LogP contribution in [0.4, 0.5) is 0 Å². The van der Waals surface area contributed by atoms with Crippen LogP contribution in [0.5, 0.6) is 0 Å². The van der Waals surface area contributed by atoms with E-state index in [0.717, 1.165) is 6.54 Å². The first-order chi connectivity index (χ1) is 8.43. The second-order valence-corrected chi connectivity index (χ2v) is 5.43. The van der Waals surface area contributed by atoms with Gasteiger partial charge < -0.3 is 10.8 Å². The number of aryl methyl sites for hydroxylation is 1. The Kier molecular flexibility index (Phi) is 5.79. The normalized spacial score (nSPS) is 13.3. The van der Waals surface area contributed by atoms with Gasteiger partial charge in [-0.05, 0) is 36.6 Å². The van der Waals surface area contributed by atoms with Gasteiger partial charge in [0.05, 0.1) is 6.10 Å². The van der Waals surface area contributed by atoms with E-state index >= 15 is 0 Å². The zero-order valence-electron chi connectivity index (χ0n) is 12.0. The first kappa shape index (κ1) is 15.2. The Morgan fingerprint density at radius 1 is 1.33 bits per heavy atom. The van der Waals surface area contributed by atoms with Crippen molar-refractivity contribution >= 4 is 0 Å². The molecule has 0 heterocycles. The minimum Gasteiger partial charge on any atom is -0.390 e. The summed E-state index contributed by atoms with van der Waals surface area (Å²) < 4.78 is 0. The largest absolute Gasteiger partial charge is 0.390 e. The molecular weight excluding hydrogens is 224 g/mol. The lowest BCUT2D eigenvalue weighted by Crippen LogP contribution is -2.33. The van der Waals surface area contributed by atoms with Crippen LogP contribution < -0.4 is 5.73 Å². The number of nitrogens with zero attached hydrogens (tertiary/aromatic N) is 1. The monoisotopic (exact) mass is 250 g/mol. The van der Waals surface area contributed by atoms with E-state index in [1.54, 1.807) is 0 Å². The summed E-state index contributed by atoms with van der Waals surface area (Å²) in [6.07, 6.45) is -0.441. The predicted octanol–water partition coefficient (Wildman–Crippen LogP) is 1.87. The van der Waals surface area contributed by atoms with Crippen LogP contribution in [0.3, 0.4) is 0 Å². The lowest BCUT2D eigenvalue weighted by molar-refractivity contribution is 0.129. The van der Waals surface area contributed by atoms with E-state index in [0.29, 0.717) is 19.0 Å². The van der Waals surface area contributed by atoms with E-state index in [4.69, 9.17) is 5.73 Å². The first-order valence-electron chi connectivity index (χ1n) is 6.60. The Morgan fingerprint density at radius 3 is 2.56 bits per heavy atom. The average molecular weight is 250 g/mol. The maximum Gasteiger partial charge on any atom is 0.0789 e. The number of benzene rings is 1. The quantitative estimate of drug-likeness (QED) is 0.810. The standard InChI is InChI=1S/C15H26N2O/c1-11(2)13-6-5-12(3)14(7-13)9-17(4)10-15(18)8-16/h5-7,11,15,18H,8-10,16H2,1-4H3. The van der Waals surface area contributed by atoms with E-state index in [2.05, 4.69) is 43.9 Å². The van der Waals surface area contributed by atoms with Gasteiger partial charge in [-0.25, -0.2) is 0 Å². The van der Waals surface area contributed by atoms with Crippen LogP contribution in [-0.2, 0) is 6.54 Å². The lowest BCUT2D eigenvalue weighted by atomic mass is 9.97. The smallest absolute Gasteiger partial charge is 0.0789 e. The Balaban J connectivity index is 2.73. The minimum absolute atomic E-state index is 0.315. The van der Waals surface area contributed by atoms with E-state index in [-0.39, 0.29) is 0 Å². The number of likely N-dealkylation sites (N-methyl/N-ethyl adjacent to an activating group) is 1. The first-order valence-corrected chi connectivity index (χ1v) is 6.60. The molecule has 18 heavy (non-hydrogen) atoms. The van der Waals surface area contributed by atoms with Crippen LogP contribution in [0, 0.1) is 6.92 Å². The van der Waals surface area contributed by atoms with Gasteiger partial charge in [-0.15, -0.1) is 0 Å². The Morgan fingerprint density at radius 2 is 2.00 bits per heavy atom. The summed E-state index contributed by atoms with van der Waals surface area (Å²) in [5.74, 6) is 0.546. The number of aliphatic hydroxyl groups is 1. The molecule has 0 fully saturated rings. The number of hydrogen-bond donors (Lipinski definition) is 2. The van der Waals surface area contributed by atoms with Gasteiger partial charge in [0.15, 0.2) is 0 Å². The molecule has 3 heteroatoms. The van der Waals surface area contributed by atoms with Crippen molar-refractivity contribution in [1.29, 1.82) is 0 Å². The van der Waals surface area contributed by atoms with Crippen LogP contribution in [0.1, 0.15) is 36.5 Å². The van der Waals surface area contributed by atoms with Crippen molar-refractivity contribution in [2.24, 2.45) is 5.73 Å². The molecule has 0 bridgehead atoms. The maximum absolute atomic E-state index is 9.55. The van der Waals surface area contributed by atoms with Crippen molar-refractivity contribution in [2.45, 2.75) is 39.3 Å². The molecule has 0 aliphatic rings. The van der Waals surface area contributed by atoms with E-state index in [1.807, 2.05) is 7.05 Å². The summed E-state index contributed by atoms with van der Waals surface area (Å²) in [5.41, 5.74) is 9.42. The van der Waals surface area contributed by atoms with Crippen molar-refractivity contribution in [3.05, 3.63) is 34.9 Å². The third-order valence-electron chi connectivity index (χ3n) is 3.27. The Labute approximate surface area is 111 Å². The highest BCUT2D eigenvalue weighted by Gasteiger charge is 2.09. The fourth-order valence-electron chi connectivity index (χ4n) is 2.01. The average Bonchev–Trinajstić information content (AvgIpc) is 2.31. The second kappa shape index (κ2) is 6.88. The summed E-state index contributed by atoms with van der Waals surface area (Å²) in [4.78, 5) is 2.12. The minimum atomic E-state index is -0.441. The molecule has 3 nitrogen and oxygen atoms in total. The molecular formula is C15H26N2O. The summed E-state index contributed by atoms with van der Waals surface area (Å²) in [5, 5.41) is 9.55. The molecule has 0 spiro atoms. The van der Waals surface area contributed by atoms with Crippen LogP contribution in [-0.4, -0.2) is 36.2 Å². The molecule has 1 rings (SSSR count). The topological polar surface area (TPSA) is 49.5 Å². The maximum atomic E-state index is 9.55. The van der Waals surface area contributed by atoms with Crippen molar-refractivity contribution in [2.75, 3.05) is 20.1 Å². The van der Waals surface area contributed by atoms with E-state index in [1.165, 1.54) is 16.7 Å². The molecule has 0 aromatic heterocycles. The molecule has 0 saturated heterocycles. The molecule has 102 valence electrons. The SMILES string of the molecule is Cc1ccc(C(C)C)cc1CN(C)CC(O)CN. The fourth-order valence-corrected chi connectivity index (χ4v) is 2.01. The van der Waals surface area contributed by atoms with Gasteiger partial charge in [0.1, 0.15) is 0 Å². The second-order valence-electron chi connectivity index (χ2n) is 5.43. The summed E-state index contributed by atoms with van der Waals surface area (Å²) >= 11 is 0. The molecule has 1 aromatic rings. The molecule has 0 aliphatic carbocycles. The summed E-state index contributed by atoms with van der Waals surface area (Å²) in [7, 11) is 2.01. The number of hydrogen-bond acceptors (Lipinski definition) is 3. The van der Waals surface area contributed by atoms with Crippen LogP contribution in [0.15, 0.2) is 18.2 Å². The van der Waals surface area contributed by atoms with Gasteiger partial charge in [-0.2, -0.15) is 0 Å². The molecule has 0 aliphatic heterocycles. The summed E-state index contributed by atoms with van der Waals surface area (Å²) in [6.45, 7) is 8.32. The van der Waals surface area contributed by atoms with Crippen LogP contribution >= 0.6 is 0 Å². The van der Waals surface area contributed by atoms with Crippen molar-refractivity contribution in [1.82, 2.24) is 4.90 Å². The molecule has 1 aromatic carbocycles. The van der Waals surface area contributed by atoms with Gasteiger partial charge in [0, 0.05) is 19.6 Å². The highest BCUT2D eigenvalue weighted by atomic mass is 16.3. The number of aliphatic hydroxyl groups excluding tert-OH is 1. The predicted molar refractivity (Wildman–Crippen MR) is 76.7 cm³/mol. The van der Waals surface area contributed by atoms with Gasteiger partial charge in [-0.3, -0.25) is 4.90 Å². The molecule has 3 N–H and O–H groups in total. The van der Waals surface area contributed by atoms with Crippen LogP contribution in [0.25, 0.3) is 0 Å². The van der Waals surface area contributed by atoms with Gasteiger partial charge in [-0.1, -0.05) is 32.0 Å². The highest BCUT2D eigenvalue weighted by Crippen LogP contribution is 2.19. The van der Waals surface area contributed by atoms with Crippen molar-refractivity contribution < 1.29 is 5.11 Å². The fraction of sp³-hybridized carbons (Fsp3) is 0.600. The van der Waals surface area contributed by atoms with Crippen LogP contribution in [0.2, 0.25) is 0 Å². The van der Waals surface area contributed by atoms with Crippen molar-refractivity contribution in [3.8, 4) is 0 Å². The molecule has 0 amide bonds. The van der Waals surface area contributed by atoms with Gasteiger partial charge in [0.25, 0.3) is 0 Å². The Hall–Kier alpha value is -0.900. The van der Waals surface area contributed by atoms with E-state index in [9.17, 15) is 5.11 Å². The number of rotatable bonds is 6. The van der Waals surface area contributed by atoms with E-state index < -0.39 is 6.10 Å². The van der Waals surface area contributed by atoms with Gasteiger partial charge >= 0.3 is 0 Å². The zero-order valence-corrected chi connectivity index (χ0v) is 12.0. The molecule has 0 radical (unpaired) electrons. The Bertz CT molecular complexity index is 377. The third-order valence-corrected chi connectivity index (χ3v) is 3.27. The number of nitrogens with two attached hydrogens (primary N) is 1. The highest BCUT2D eigenvalue weighted by molar-refractivity contribution is 5.32. The van der Waals surface area contributed by atoms with Crippen molar-refractivity contribution in [3.63, 3.8) is 0 Å². The molecule has 1 atom stereocenters. The zero-order chi connectivity index (χ0) is 13.7.